The van der Waals surface area contributed by atoms with Crippen LogP contribution in [0.3, 0.4) is 0 Å². The van der Waals surface area contributed by atoms with Gasteiger partial charge in [0, 0.05) is 23.6 Å². The highest BCUT2D eigenvalue weighted by molar-refractivity contribution is 5.94. The number of rotatable bonds is 3. The van der Waals surface area contributed by atoms with Crippen LogP contribution in [0.5, 0.6) is 0 Å². The first kappa shape index (κ1) is 18.6. The van der Waals surface area contributed by atoms with Crippen molar-refractivity contribution in [3.63, 3.8) is 0 Å². The van der Waals surface area contributed by atoms with Crippen molar-refractivity contribution >= 4 is 5.91 Å². The van der Waals surface area contributed by atoms with Gasteiger partial charge in [-0.25, -0.2) is 0 Å². The molecule has 3 atom stereocenters. The van der Waals surface area contributed by atoms with E-state index in [0.29, 0.717) is 5.92 Å². The molecule has 5 nitrogen and oxygen atoms in total. The molecule has 1 fully saturated rings. The van der Waals surface area contributed by atoms with E-state index in [9.17, 15) is 15.2 Å². The second-order valence-electron chi connectivity index (χ2n) is 6.82. The Morgan fingerprint density at radius 1 is 1.26 bits per heavy atom. The standard InChI is InChI=1S/C22H21N3O2/c1-15(2)6-7-16-8-10-17(11-9-16)21-19(13-23)25(20(21)14-26)22(27)18-5-3-4-12-24-18/h3-5,8-12,15,19-21,26H,14H2,1-2H3/t19-,20-,21-/m1/s1. The second-order valence-corrected chi connectivity index (χ2v) is 6.82. The number of aromatic nitrogens is 1. The van der Waals surface area contributed by atoms with E-state index in [0.717, 1.165) is 11.1 Å². The Morgan fingerprint density at radius 3 is 2.56 bits per heavy atom. The van der Waals surface area contributed by atoms with Gasteiger partial charge in [-0.1, -0.05) is 43.9 Å². The molecule has 0 radical (unpaired) electrons. The van der Waals surface area contributed by atoms with Gasteiger partial charge >= 0.3 is 0 Å². The van der Waals surface area contributed by atoms with Crippen molar-refractivity contribution in [1.82, 2.24) is 9.88 Å². The van der Waals surface area contributed by atoms with Crippen LogP contribution in [0.2, 0.25) is 0 Å². The predicted octanol–water partition coefficient (Wildman–Crippen LogP) is 2.58. The molecule has 27 heavy (non-hydrogen) atoms. The Labute approximate surface area is 159 Å². The van der Waals surface area contributed by atoms with Gasteiger partial charge in [-0.3, -0.25) is 9.78 Å². The molecule has 0 spiro atoms. The lowest BCUT2D eigenvalue weighted by molar-refractivity contribution is -0.00629. The minimum absolute atomic E-state index is 0.212. The Hall–Kier alpha value is -3.15. The fraction of sp³-hybridized carbons (Fsp3) is 0.318. The summed E-state index contributed by atoms with van der Waals surface area (Å²) in [5.41, 5.74) is 2.09. The molecule has 2 aromatic rings. The number of amides is 1. The average Bonchev–Trinajstić information content (AvgIpc) is 2.67. The van der Waals surface area contributed by atoms with Gasteiger partial charge in [0.05, 0.1) is 18.7 Å². The van der Waals surface area contributed by atoms with Crippen molar-refractivity contribution in [2.45, 2.75) is 31.8 Å². The number of hydrogen-bond acceptors (Lipinski definition) is 4. The van der Waals surface area contributed by atoms with Gasteiger partial charge in [-0.05, 0) is 29.8 Å². The van der Waals surface area contributed by atoms with E-state index in [4.69, 9.17) is 0 Å². The lowest BCUT2D eigenvalue weighted by atomic mass is 9.75. The Kier molecular flexibility index (Phi) is 5.54. The highest BCUT2D eigenvalue weighted by atomic mass is 16.3. The molecule has 0 saturated carbocycles. The van der Waals surface area contributed by atoms with Crippen LogP contribution in [0.1, 0.15) is 41.4 Å². The summed E-state index contributed by atoms with van der Waals surface area (Å²) in [4.78, 5) is 18.2. The van der Waals surface area contributed by atoms with Gasteiger partial charge in [0.25, 0.3) is 5.91 Å². The fourth-order valence-electron chi connectivity index (χ4n) is 3.32. The number of hydrogen-bond donors (Lipinski definition) is 1. The van der Waals surface area contributed by atoms with Gasteiger partial charge in [-0.2, -0.15) is 5.26 Å². The van der Waals surface area contributed by atoms with E-state index >= 15 is 0 Å². The van der Waals surface area contributed by atoms with E-state index < -0.39 is 12.1 Å². The number of nitrogens with zero attached hydrogens (tertiary/aromatic N) is 3. The number of likely N-dealkylation sites (tertiary alicyclic amines) is 1. The normalized spacial score (nSPS) is 21.0. The molecule has 136 valence electrons. The van der Waals surface area contributed by atoms with E-state index in [2.05, 4.69) is 22.9 Å². The van der Waals surface area contributed by atoms with Crippen LogP contribution in [0.15, 0.2) is 48.7 Å². The number of pyridine rings is 1. The van der Waals surface area contributed by atoms with Crippen LogP contribution in [0, 0.1) is 29.1 Å². The Bertz CT molecular complexity index is 905. The van der Waals surface area contributed by atoms with Gasteiger partial charge < -0.3 is 10.0 Å². The maximum atomic E-state index is 12.7. The third kappa shape index (κ3) is 3.69. The Morgan fingerprint density at radius 2 is 2.00 bits per heavy atom. The molecule has 1 aromatic carbocycles. The third-order valence-corrected chi connectivity index (χ3v) is 4.65. The van der Waals surface area contributed by atoms with E-state index in [-0.39, 0.29) is 24.1 Å². The summed E-state index contributed by atoms with van der Waals surface area (Å²) in [5, 5.41) is 19.5. The third-order valence-electron chi connectivity index (χ3n) is 4.65. The van der Waals surface area contributed by atoms with Crippen molar-refractivity contribution in [1.29, 1.82) is 5.26 Å². The van der Waals surface area contributed by atoms with Crippen LogP contribution >= 0.6 is 0 Å². The maximum absolute atomic E-state index is 12.7. The molecule has 0 aliphatic carbocycles. The largest absolute Gasteiger partial charge is 0.394 e. The van der Waals surface area contributed by atoms with Crippen LogP contribution in [-0.4, -0.2) is 39.6 Å². The second kappa shape index (κ2) is 8.03. The minimum Gasteiger partial charge on any atom is -0.394 e. The van der Waals surface area contributed by atoms with E-state index in [1.807, 2.05) is 38.1 Å². The zero-order chi connectivity index (χ0) is 19.4. The van der Waals surface area contributed by atoms with Crippen LogP contribution < -0.4 is 0 Å². The number of benzene rings is 1. The van der Waals surface area contributed by atoms with E-state index in [1.165, 1.54) is 11.1 Å². The van der Waals surface area contributed by atoms with Crippen molar-refractivity contribution < 1.29 is 9.90 Å². The molecular weight excluding hydrogens is 338 g/mol. The van der Waals surface area contributed by atoms with Crippen LogP contribution in [0.25, 0.3) is 0 Å². The predicted molar refractivity (Wildman–Crippen MR) is 102 cm³/mol. The molecule has 1 aromatic heterocycles. The molecule has 2 heterocycles. The fourth-order valence-corrected chi connectivity index (χ4v) is 3.32. The van der Waals surface area contributed by atoms with Crippen LogP contribution in [0.4, 0.5) is 0 Å². The first-order valence-electron chi connectivity index (χ1n) is 8.92. The number of aliphatic hydroxyl groups is 1. The first-order chi connectivity index (χ1) is 13.1. The summed E-state index contributed by atoms with van der Waals surface area (Å²) in [5.74, 6) is 5.95. The zero-order valence-corrected chi connectivity index (χ0v) is 15.3. The summed E-state index contributed by atoms with van der Waals surface area (Å²) in [7, 11) is 0. The molecular formula is C22H21N3O2. The summed E-state index contributed by atoms with van der Waals surface area (Å²) in [6, 6.07) is 13.9. The topological polar surface area (TPSA) is 77.2 Å². The minimum atomic E-state index is -0.635. The molecule has 1 N–H and O–H groups in total. The quantitative estimate of drug-likeness (QED) is 0.855. The molecule has 0 unspecified atom stereocenters. The molecule has 5 heteroatoms. The summed E-state index contributed by atoms with van der Waals surface area (Å²) in [6.07, 6.45) is 1.54. The highest BCUT2D eigenvalue weighted by Crippen LogP contribution is 2.41. The Balaban J connectivity index is 1.84. The van der Waals surface area contributed by atoms with E-state index in [1.54, 1.807) is 18.2 Å². The maximum Gasteiger partial charge on any atom is 0.273 e. The monoisotopic (exact) mass is 359 g/mol. The number of aliphatic hydroxyl groups excluding tert-OH is 1. The molecule has 1 amide bonds. The van der Waals surface area contributed by atoms with Crippen molar-refractivity contribution in [3.05, 3.63) is 65.5 Å². The van der Waals surface area contributed by atoms with Gasteiger partial charge in [-0.15, -0.1) is 0 Å². The zero-order valence-electron chi connectivity index (χ0n) is 15.3. The van der Waals surface area contributed by atoms with Crippen LogP contribution in [-0.2, 0) is 0 Å². The highest BCUT2D eigenvalue weighted by Gasteiger charge is 2.52. The average molecular weight is 359 g/mol. The van der Waals surface area contributed by atoms with Crippen molar-refractivity contribution in [2.75, 3.05) is 6.61 Å². The first-order valence-corrected chi connectivity index (χ1v) is 8.92. The summed E-state index contributed by atoms with van der Waals surface area (Å²) >= 11 is 0. The number of carbonyl (C=O) groups excluding carboxylic acids is 1. The smallest absolute Gasteiger partial charge is 0.273 e. The van der Waals surface area contributed by atoms with Gasteiger partial charge in [0.15, 0.2) is 0 Å². The molecule has 1 aliphatic rings. The molecule has 0 bridgehead atoms. The van der Waals surface area contributed by atoms with Gasteiger partial charge in [0.2, 0.25) is 0 Å². The molecule has 1 aliphatic heterocycles. The SMILES string of the molecule is CC(C)C#Cc1ccc([C@@H]2[C@@H](C#N)N(C(=O)c3ccccn3)[C@@H]2CO)cc1. The lowest BCUT2D eigenvalue weighted by Crippen LogP contribution is -2.65. The van der Waals surface area contributed by atoms with Crippen molar-refractivity contribution in [3.8, 4) is 17.9 Å². The molecule has 1 saturated heterocycles. The van der Waals surface area contributed by atoms with Gasteiger partial charge in [0.1, 0.15) is 11.7 Å². The summed E-state index contributed by atoms with van der Waals surface area (Å²) < 4.78 is 0. The lowest BCUT2D eigenvalue weighted by Gasteiger charge is -2.51. The molecule has 3 rings (SSSR count). The van der Waals surface area contributed by atoms with Crippen molar-refractivity contribution in [2.24, 2.45) is 5.92 Å². The summed E-state index contributed by atoms with van der Waals surface area (Å²) in [6.45, 7) is 3.86. The number of carbonyl (C=O) groups is 1. The number of nitriles is 1.